The van der Waals surface area contributed by atoms with Crippen molar-refractivity contribution in [2.45, 2.75) is 11.9 Å². The molecule has 1 amide bonds. The fourth-order valence-corrected chi connectivity index (χ4v) is 3.02. The number of carbonyl (C=O) groups is 1. The molecule has 0 aliphatic carbocycles. The predicted octanol–water partition coefficient (Wildman–Crippen LogP) is 1.97. The van der Waals surface area contributed by atoms with Crippen LogP contribution in [0.5, 0.6) is 0 Å². The second-order valence-electron chi connectivity index (χ2n) is 4.83. The fourth-order valence-electron chi connectivity index (χ4n) is 2.16. The largest absolute Gasteiger partial charge is 0.312 e. The lowest BCUT2D eigenvalue weighted by atomic mass is 10.2. The van der Waals surface area contributed by atoms with Gasteiger partial charge in [-0.05, 0) is 25.1 Å². The highest BCUT2D eigenvalue weighted by atomic mass is 32.2. The van der Waals surface area contributed by atoms with E-state index in [1.807, 2.05) is 49.4 Å². The lowest BCUT2D eigenvalue weighted by molar-refractivity contribution is -0.410. The molecule has 0 spiro atoms. The molecule has 0 radical (unpaired) electrons. The van der Waals surface area contributed by atoms with Crippen LogP contribution in [0.3, 0.4) is 0 Å². The number of rotatable bonds is 5. The quantitative estimate of drug-likeness (QED) is 0.839. The van der Waals surface area contributed by atoms with Gasteiger partial charge in [-0.25, -0.2) is 4.98 Å². The Balaban J connectivity index is 2.16. The third-order valence-corrected chi connectivity index (χ3v) is 4.34. The first-order chi connectivity index (χ1) is 11.6. The van der Waals surface area contributed by atoms with Gasteiger partial charge in [-0.15, -0.1) is 0 Å². The molecule has 2 rings (SSSR count). The van der Waals surface area contributed by atoms with E-state index < -0.39 is 0 Å². The molecular formula is C17H16N5OS+. The van der Waals surface area contributed by atoms with E-state index in [2.05, 4.69) is 4.98 Å². The summed E-state index contributed by atoms with van der Waals surface area (Å²) in [7, 11) is 0. The number of para-hydroxylation sites is 1. The van der Waals surface area contributed by atoms with E-state index in [0.29, 0.717) is 17.1 Å². The Kier molecular flexibility index (Phi) is 5.78. The lowest BCUT2D eigenvalue weighted by Crippen LogP contribution is -2.32. The first-order valence-electron chi connectivity index (χ1n) is 7.24. The van der Waals surface area contributed by atoms with Crippen LogP contribution in [-0.4, -0.2) is 18.2 Å². The van der Waals surface area contributed by atoms with E-state index in [1.165, 1.54) is 17.8 Å². The highest BCUT2D eigenvalue weighted by molar-refractivity contribution is 7.99. The second kappa shape index (κ2) is 8.00. The Bertz CT molecular complexity index is 823. The lowest BCUT2D eigenvalue weighted by Gasteiger charge is -2.20. The number of nitrogens with zero attached hydrogens (tertiary/aromatic N) is 3. The van der Waals surface area contributed by atoms with Crippen LogP contribution in [0, 0.1) is 22.7 Å². The number of H-pyrrole nitrogens is 1. The number of pyridine rings is 1. The van der Waals surface area contributed by atoms with Gasteiger partial charge >= 0.3 is 0 Å². The van der Waals surface area contributed by atoms with Gasteiger partial charge in [0.15, 0.2) is 5.03 Å². The topological polar surface area (TPSA) is 108 Å². The summed E-state index contributed by atoms with van der Waals surface area (Å²) in [6.45, 7) is 2.45. The predicted molar refractivity (Wildman–Crippen MR) is 92.0 cm³/mol. The number of nitrogen functional groups attached to an aromatic ring is 1. The number of benzene rings is 1. The van der Waals surface area contributed by atoms with Gasteiger partial charge in [0.25, 0.3) is 5.82 Å². The minimum atomic E-state index is -0.0751. The van der Waals surface area contributed by atoms with E-state index in [9.17, 15) is 10.1 Å². The molecule has 24 heavy (non-hydrogen) atoms. The number of nitrogens with two attached hydrogens (primary N) is 1. The van der Waals surface area contributed by atoms with E-state index in [1.54, 1.807) is 4.90 Å². The zero-order chi connectivity index (χ0) is 17.5. The van der Waals surface area contributed by atoms with Crippen molar-refractivity contribution in [3.05, 3.63) is 47.5 Å². The highest BCUT2D eigenvalue weighted by Crippen LogP contribution is 2.22. The summed E-state index contributed by atoms with van der Waals surface area (Å²) >= 11 is 1.19. The maximum atomic E-state index is 12.5. The zero-order valence-electron chi connectivity index (χ0n) is 13.1. The van der Waals surface area contributed by atoms with Gasteiger partial charge in [-0.1, -0.05) is 30.0 Å². The van der Waals surface area contributed by atoms with Crippen molar-refractivity contribution in [1.82, 2.24) is 0 Å². The zero-order valence-corrected chi connectivity index (χ0v) is 13.9. The van der Waals surface area contributed by atoms with Gasteiger partial charge in [0.05, 0.1) is 5.75 Å². The van der Waals surface area contributed by atoms with Crippen molar-refractivity contribution in [2.75, 3.05) is 22.9 Å². The van der Waals surface area contributed by atoms with E-state index in [4.69, 9.17) is 11.0 Å². The number of aromatic nitrogens is 1. The van der Waals surface area contributed by atoms with Gasteiger partial charge in [0.1, 0.15) is 23.3 Å². The van der Waals surface area contributed by atoms with Gasteiger partial charge in [0.2, 0.25) is 5.91 Å². The molecule has 0 aliphatic rings. The molecule has 0 saturated heterocycles. The summed E-state index contributed by atoms with van der Waals surface area (Å²) in [5, 5.41) is 18.6. The summed E-state index contributed by atoms with van der Waals surface area (Å²) in [6.07, 6.45) is 0. The second-order valence-corrected chi connectivity index (χ2v) is 5.81. The van der Waals surface area contributed by atoms with Gasteiger partial charge in [-0.3, -0.25) is 10.5 Å². The minimum absolute atomic E-state index is 0.0751. The molecule has 120 valence electrons. The van der Waals surface area contributed by atoms with E-state index in [-0.39, 0.29) is 23.0 Å². The van der Waals surface area contributed by atoms with E-state index >= 15 is 0 Å². The van der Waals surface area contributed by atoms with Crippen molar-refractivity contribution in [3.63, 3.8) is 0 Å². The number of thioether (sulfide) groups is 1. The van der Waals surface area contributed by atoms with Crippen molar-refractivity contribution in [3.8, 4) is 12.1 Å². The number of nitriles is 2. The molecule has 0 aliphatic heterocycles. The number of anilines is 2. The maximum absolute atomic E-state index is 12.5. The number of hydrogen-bond donors (Lipinski definition) is 1. The molecular weight excluding hydrogens is 322 g/mol. The third kappa shape index (κ3) is 3.83. The van der Waals surface area contributed by atoms with Gasteiger partial charge in [0, 0.05) is 12.2 Å². The van der Waals surface area contributed by atoms with Gasteiger partial charge in [-0.2, -0.15) is 10.5 Å². The van der Waals surface area contributed by atoms with Crippen LogP contribution in [0.1, 0.15) is 18.1 Å². The van der Waals surface area contributed by atoms with Crippen LogP contribution < -0.4 is 15.6 Å². The summed E-state index contributed by atoms with van der Waals surface area (Å²) in [4.78, 5) is 17.0. The molecule has 0 fully saturated rings. The third-order valence-electron chi connectivity index (χ3n) is 3.34. The van der Waals surface area contributed by atoms with Crippen LogP contribution in [0.2, 0.25) is 0 Å². The van der Waals surface area contributed by atoms with Gasteiger partial charge < -0.3 is 4.90 Å². The number of amides is 1. The number of aromatic amines is 1. The van der Waals surface area contributed by atoms with Crippen molar-refractivity contribution in [1.29, 1.82) is 10.5 Å². The number of hydrogen-bond acceptors (Lipinski definition) is 5. The summed E-state index contributed by atoms with van der Waals surface area (Å²) < 4.78 is 0. The van der Waals surface area contributed by atoms with Crippen LogP contribution in [-0.2, 0) is 4.79 Å². The monoisotopic (exact) mass is 338 g/mol. The molecule has 0 bridgehead atoms. The first kappa shape index (κ1) is 17.3. The van der Waals surface area contributed by atoms with Crippen molar-refractivity contribution < 1.29 is 9.78 Å². The molecule has 1 aromatic carbocycles. The van der Waals surface area contributed by atoms with E-state index in [0.717, 1.165) is 5.69 Å². The molecule has 1 aromatic heterocycles. The molecule has 1 heterocycles. The van der Waals surface area contributed by atoms with Crippen LogP contribution in [0.25, 0.3) is 0 Å². The summed E-state index contributed by atoms with van der Waals surface area (Å²) in [5.41, 5.74) is 7.07. The normalized spacial score (nSPS) is 9.79. The molecule has 0 unspecified atom stereocenters. The fraction of sp³-hybridized carbons (Fsp3) is 0.176. The van der Waals surface area contributed by atoms with Crippen LogP contribution >= 0.6 is 11.8 Å². The highest BCUT2D eigenvalue weighted by Gasteiger charge is 2.18. The maximum Gasteiger partial charge on any atom is 0.289 e. The number of nitrogens with one attached hydrogen (secondary N) is 1. The Labute approximate surface area is 144 Å². The summed E-state index contributed by atoms with van der Waals surface area (Å²) in [5.74, 6) is 0.259. The minimum Gasteiger partial charge on any atom is -0.312 e. The van der Waals surface area contributed by atoms with Crippen molar-refractivity contribution >= 4 is 29.2 Å². The standard InChI is InChI=1S/C17H15N5OS/c1-2-22(14-6-4-3-5-7-14)15(23)11-24-17-13(10-19)8-12(9-18)16(20)21-17/h3-8H,2,11H2,1H3,(H2,20,21)/p+1. The Morgan fingerprint density at radius 3 is 2.50 bits per heavy atom. The average Bonchev–Trinajstić information content (AvgIpc) is 2.61. The number of carbonyl (C=O) groups excluding carboxylic acids is 1. The van der Waals surface area contributed by atoms with Crippen molar-refractivity contribution in [2.24, 2.45) is 0 Å². The SMILES string of the molecule is CCN(C(=O)CSc1[nH+]c(N)c(C#N)cc1C#N)c1ccccc1. The molecule has 7 heteroatoms. The molecule has 0 atom stereocenters. The summed E-state index contributed by atoms with van der Waals surface area (Å²) in [6, 6.07) is 14.7. The Hall–Kier alpha value is -3.03. The van der Waals surface area contributed by atoms with Crippen LogP contribution in [0.4, 0.5) is 11.5 Å². The van der Waals surface area contributed by atoms with Crippen LogP contribution in [0.15, 0.2) is 41.4 Å². The Morgan fingerprint density at radius 1 is 1.25 bits per heavy atom. The Morgan fingerprint density at radius 2 is 1.92 bits per heavy atom. The first-order valence-corrected chi connectivity index (χ1v) is 8.23. The molecule has 0 saturated carbocycles. The average molecular weight is 338 g/mol. The molecule has 3 N–H and O–H groups in total. The molecule has 2 aromatic rings. The smallest absolute Gasteiger partial charge is 0.289 e. The molecule has 6 nitrogen and oxygen atoms in total.